The van der Waals surface area contributed by atoms with Crippen molar-refractivity contribution in [2.75, 3.05) is 39.5 Å². The minimum absolute atomic E-state index is 0.205. The Kier molecular flexibility index (Phi) is 5.41. The topological polar surface area (TPSA) is 50.8 Å². The average molecular weight is 256 g/mol. The fourth-order valence-electron chi connectivity index (χ4n) is 2.51. The lowest BCUT2D eigenvalue weighted by Gasteiger charge is -2.34. The van der Waals surface area contributed by atoms with Crippen LogP contribution in [-0.4, -0.2) is 62.4 Å². The molecule has 0 aromatic heterocycles. The van der Waals surface area contributed by atoms with E-state index in [1.807, 2.05) is 4.90 Å². The highest BCUT2D eigenvalue weighted by atomic mass is 16.5. The normalized spacial score (nSPS) is 28.6. The van der Waals surface area contributed by atoms with Gasteiger partial charge in [0.2, 0.25) is 5.91 Å². The van der Waals surface area contributed by atoms with E-state index >= 15 is 0 Å². The molecule has 2 aliphatic heterocycles. The highest BCUT2D eigenvalue weighted by Crippen LogP contribution is 2.12. The van der Waals surface area contributed by atoms with Crippen LogP contribution in [0.5, 0.6) is 0 Å². The second-order valence-electron chi connectivity index (χ2n) is 5.10. The van der Waals surface area contributed by atoms with Crippen molar-refractivity contribution in [2.24, 2.45) is 0 Å². The van der Waals surface area contributed by atoms with Gasteiger partial charge in [-0.05, 0) is 19.8 Å². The summed E-state index contributed by atoms with van der Waals surface area (Å²) < 4.78 is 11.0. The first-order valence-corrected chi connectivity index (χ1v) is 6.97. The SMILES string of the molecule is CC1CNCCN1C(=O)CCOCC1CCCO1. The van der Waals surface area contributed by atoms with E-state index in [1.165, 1.54) is 0 Å². The number of nitrogens with one attached hydrogen (secondary N) is 1. The molecule has 2 heterocycles. The van der Waals surface area contributed by atoms with Gasteiger partial charge in [-0.15, -0.1) is 0 Å². The standard InChI is InChI=1S/C13H24N2O3/c1-11-9-14-5-6-15(11)13(16)4-8-17-10-12-3-2-7-18-12/h11-12,14H,2-10H2,1H3. The monoisotopic (exact) mass is 256 g/mol. The molecule has 104 valence electrons. The summed E-state index contributed by atoms with van der Waals surface area (Å²) in [6.45, 7) is 6.67. The van der Waals surface area contributed by atoms with E-state index in [0.29, 0.717) is 25.7 Å². The molecular weight excluding hydrogens is 232 g/mol. The van der Waals surface area contributed by atoms with Gasteiger partial charge in [-0.2, -0.15) is 0 Å². The molecule has 1 amide bonds. The summed E-state index contributed by atoms with van der Waals surface area (Å²) in [6, 6.07) is 0.296. The van der Waals surface area contributed by atoms with Crippen LogP contribution in [0.1, 0.15) is 26.2 Å². The van der Waals surface area contributed by atoms with Crippen molar-refractivity contribution in [1.29, 1.82) is 0 Å². The van der Waals surface area contributed by atoms with Crippen LogP contribution in [0.4, 0.5) is 0 Å². The predicted octanol–water partition coefficient (Wildman–Crippen LogP) is 0.392. The van der Waals surface area contributed by atoms with Gasteiger partial charge < -0.3 is 19.7 Å². The lowest BCUT2D eigenvalue weighted by molar-refractivity contribution is -0.135. The van der Waals surface area contributed by atoms with Crippen molar-refractivity contribution in [3.05, 3.63) is 0 Å². The third-order valence-corrected chi connectivity index (χ3v) is 3.61. The van der Waals surface area contributed by atoms with Crippen molar-refractivity contribution >= 4 is 5.91 Å². The molecule has 0 aliphatic carbocycles. The van der Waals surface area contributed by atoms with E-state index in [4.69, 9.17) is 9.47 Å². The van der Waals surface area contributed by atoms with Crippen LogP contribution in [-0.2, 0) is 14.3 Å². The highest BCUT2D eigenvalue weighted by molar-refractivity contribution is 5.76. The number of hydrogen-bond donors (Lipinski definition) is 1. The zero-order valence-electron chi connectivity index (χ0n) is 11.2. The van der Waals surface area contributed by atoms with E-state index in [2.05, 4.69) is 12.2 Å². The van der Waals surface area contributed by atoms with E-state index in [0.717, 1.165) is 39.1 Å². The Labute approximate surface area is 109 Å². The van der Waals surface area contributed by atoms with Gasteiger partial charge in [0, 0.05) is 32.3 Å². The second kappa shape index (κ2) is 7.07. The van der Waals surface area contributed by atoms with Crippen LogP contribution < -0.4 is 5.32 Å². The molecule has 2 saturated heterocycles. The van der Waals surface area contributed by atoms with Crippen LogP contribution in [0.2, 0.25) is 0 Å². The predicted molar refractivity (Wildman–Crippen MR) is 68.5 cm³/mol. The number of piperazine rings is 1. The molecule has 0 saturated carbocycles. The molecule has 5 heteroatoms. The van der Waals surface area contributed by atoms with E-state index in [1.54, 1.807) is 0 Å². The number of amides is 1. The molecule has 0 radical (unpaired) electrons. The van der Waals surface area contributed by atoms with Gasteiger partial charge in [0.15, 0.2) is 0 Å². The fraction of sp³-hybridized carbons (Fsp3) is 0.923. The summed E-state index contributed by atoms with van der Waals surface area (Å²) in [6.07, 6.45) is 2.95. The van der Waals surface area contributed by atoms with Gasteiger partial charge >= 0.3 is 0 Å². The zero-order valence-corrected chi connectivity index (χ0v) is 11.2. The summed E-state index contributed by atoms with van der Waals surface area (Å²) in [5, 5.41) is 3.28. The molecule has 2 atom stereocenters. The molecule has 0 spiro atoms. The minimum atomic E-state index is 0.205. The van der Waals surface area contributed by atoms with Gasteiger partial charge in [0.05, 0.1) is 25.7 Å². The molecule has 2 aliphatic rings. The van der Waals surface area contributed by atoms with Crippen molar-refractivity contribution in [3.8, 4) is 0 Å². The maximum absolute atomic E-state index is 12.0. The molecule has 2 fully saturated rings. The number of hydrogen-bond acceptors (Lipinski definition) is 4. The van der Waals surface area contributed by atoms with Gasteiger partial charge in [-0.3, -0.25) is 4.79 Å². The molecule has 18 heavy (non-hydrogen) atoms. The number of carbonyl (C=O) groups is 1. The van der Waals surface area contributed by atoms with Gasteiger partial charge in [0.25, 0.3) is 0 Å². The van der Waals surface area contributed by atoms with Crippen molar-refractivity contribution in [3.63, 3.8) is 0 Å². The molecule has 1 N–H and O–H groups in total. The maximum atomic E-state index is 12.0. The summed E-state index contributed by atoms with van der Waals surface area (Å²) in [7, 11) is 0. The Bertz CT molecular complexity index is 267. The van der Waals surface area contributed by atoms with Crippen molar-refractivity contribution in [1.82, 2.24) is 10.2 Å². The Morgan fingerprint density at radius 2 is 2.44 bits per heavy atom. The molecule has 2 rings (SSSR count). The number of carbonyl (C=O) groups excluding carboxylic acids is 1. The minimum Gasteiger partial charge on any atom is -0.378 e. The third kappa shape index (κ3) is 3.93. The summed E-state index contributed by atoms with van der Waals surface area (Å²) in [5.41, 5.74) is 0. The third-order valence-electron chi connectivity index (χ3n) is 3.61. The molecule has 0 aromatic carbocycles. The van der Waals surface area contributed by atoms with Gasteiger partial charge in [-0.1, -0.05) is 0 Å². The largest absolute Gasteiger partial charge is 0.378 e. The van der Waals surface area contributed by atoms with E-state index in [9.17, 15) is 4.79 Å². The quantitative estimate of drug-likeness (QED) is 0.723. The lowest BCUT2D eigenvalue weighted by atomic mass is 10.2. The summed E-state index contributed by atoms with van der Waals surface area (Å²) in [4.78, 5) is 13.9. The Morgan fingerprint density at radius 3 is 3.17 bits per heavy atom. The van der Waals surface area contributed by atoms with Crippen LogP contribution in [0.15, 0.2) is 0 Å². The fourth-order valence-corrected chi connectivity index (χ4v) is 2.51. The summed E-state index contributed by atoms with van der Waals surface area (Å²) >= 11 is 0. The van der Waals surface area contributed by atoms with Crippen molar-refractivity contribution < 1.29 is 14.3 Å². The first-order chi connectivity index (χ1) is 8.77. The van der Waals surface area contributed by atoms with Gasteiger partial charge in [0.1, 0.15) is 0 Å². The van der Waals surface area contributed by atoms with E-state index in [-0.39, 0.29) is 12.0 Å². The Hall–Kier alpha value is -0.650. The number of ether oxygens (including phenoxy) is 2. The first-order valence-electron chi connectivity index (χ1n) is 6.97. The molecular formula is C13H24N2O3. The first kappa shape index (κ1) is 13.8. The van der Waals surface area contributed by atoms with E-state index < -0.39 is 0 Å². The van der Waals surface area contributed by atoms with Crippen LogP contribution in [0.25, 0.3) is 0 Å². The molecule has 0 aromatic rings. The lowest BCUT2D eigenvalue weighted by Crippen LogP contribution is -2.52. The Balaban J connectivity index is 1.58. The van der Waals surface area contributed by atoms with Crippen LogP contribution in [0, 0.1) is 0 Å². The maximum Gasteiger partial charge on any atom is 0.225 e. The smallest absolute Gasteiger partial charge is 0.225 e. The number of nitrogens with zero attached hydrogens (tertiary/aromatic N) is 1. The number of rotatable bonds is 5. The molecule has 0 bridgehead atoms. The average Bonchev–Trinajstić information content (AvgIpc) is 2.88. The Morgan fingerprint density at radius 1 is 1.56 bits per heavy atom. The zero-order chi connectivity index (χ0) is 12.8. The summed E-state index contributed by atoms with van der Waals surface area (Å²) in [5.74, 6) is 0.205. The van der Waals surface area contributed by atoms with Crippen molar-refractivity contribution in [2.45, 2.75) is 38.3 Å². The highest BCUT2D eigenvalue weighted by Gasteiger charge is 2.22. The van der Waals surface area contributed by atoms with Gasteiger partial charge in [-0.25, -0.2) is 0 Å². The second-order valence-corrected chi connectivity index (χ2v) is 5.10. The molecule has 5 nitrogen and oxygen atoms in total. The van der Waals surface area contributed by atoms with Crippen LogP contribution >= 0.6 is 0 Å². The molecule has 2 unspecified atom stereocenters. The van der Waals surface area contributed by atoms with Crippen LogP contribution in [0.3, 0.4) is 0 Å².